The van der Waals surface area contributed by atoms with Gasteiger partial charge in [0, 0.05) is 12.5 Å². The van der Waals surface area contributed by atoms with Gasteiger partial charge in [0.2, 0.25) is 0 Å². The summed E-state index contributed by atoms with van der Waals surface area (Å²) in [7, 11) is 1.94. The first-order valence-electron chi connectivity index (χ1n) is 6.61. The van der Waals surface area contributed by atoms with Crippen LogP contribution in [0.15, 0.2) is 24.3 Å². The summed E-state index contributed by atoms with van der Waals surface area (Å²) in [5.74, 6) is 0.418. The van der Waals surface area contributed by atoms with Crippen molar-refractivity contribution in [3.63, 3.8) is 0 Å². The van der Waals surface area contributed by atoms with Gasteiger partial charge in [0.1, 0.15) is 11.6 Å². The second-order valence-electron chi connectivity index (χ2n) is 5.25. The summed E-state index contributed by atoms with van der Waals surface area (Å²) in [5.41, 5.74) is 1.04. The topological polar surface area (TPSA) is 20.3 Å². The highest BCUT2D eigenvalue weighted by atomic mass is 19.1. The molecule has 0 heterocycles. The Bertz CT molecular complexity index is 395. The number of halogens is 1. The zero-order chi connectivity index (χ0) is 13.0. The first-order valence-corrected chi connectivity index (χ1v) is 6.61. The smallest absolute Gasteiger partial charge is 0.149 e. The number of rotatable bonds is 5. The number of ketones is 1. The highest BCUT2D eigenvalue weighted by Crippen LogP contribution is 2.25. The van der Waals surface area contributed by atoms with Crippen molar-refractivity contribution in [2.75, 3.05) is 13.6 Å². The maximum absolute atomic E-state index is 12.8. The van der Waals surface area contributed by atoms with Gasteiger partial charge in [-0.25, -0.2) is 4.39 Å². The van der Waals surface area contributed by atoms with Gasteiger partial charge in [-0.15, -0.1) is 0 Å². The fourth-order valence-electron chi connectivity index (χ4n) is 2.60. The summed E-state index contributed by atoms with van der Waals surface area (Å²) in [6.45, 7) is 1.20. The summed E-state index contributed by atoms with van der Waals surface area (Å²) in [4.78, 5) is 14.0. The normalized spacial score (nSPS) is 16.4. The Morgan fingerprint density at radius 1 is 1.28 bits per heavy atom. The lowest BCUT2D eigenvalue weighted by Crippen LogP contribution is -2.29. The monoisotopic (exact) mass is 249 g/mol. The largest absolute Gasteiger partial charge is 0.298 e. The minimum absolute atomic E-state index is 0.219. The number of hydrogen-bond acceptors (Lipinski definition) is 2. The van der Waals surface area contributed by atoms with E-state index in [2.05, 4.69) is 0 Å². The average Bonchev–Trinajstić information content (AvgIpc) is 2.85. The molecule has 1 aromatic carbocycles. The van der Waals surface area contributed by atoms with Crippen LogP contribution in [0, 0.1) is 11.7 Å². The molecule has 1 fully saturated rings. The van der Waals surface area contributed by atoms with Crippen molar-refractivity contribution in [3.05, 3.63) is 35.6 Å². The SMILES string of the molecule is CN(CC(=O)C1CCCC1)Cc1ccc(F)cc1. The zero-order valence-electron chi connectivity index (χ0n) is 10.9. The first kappa shape index (κ1) is 13.2. The fourth-order valence-corrected chi connectivity index (χ4v) is 2.60. The quantitative estimate of drug-likeness (QED) is 0.799. The molecule has 1 aliphatic carbocycles. The Labute approximate surface area is 108 Å². The molecule has 2 nitrogen and oxygen atoms in total. The van der Waals surface area contributed by atoms with Gasteiger partial charge in [-0.1, -0.05) is 25.0 Å². The van der Waals surface area contributed by atoms with Gasteiger partial charge in [-0.2, -0.15) is 0 Å². The predicted molar refractivity (Wildman–Crippen MR) is 69.7 cm³/mol. The van der Waals surface area contributed by atoms with E-state index < -0.39 is 0 Å². The minimum Gasteiger partial charge on any atom is -0.298 e. The van der Waals surface area contributed by atoms with Crippen LogP contribution in [0.25, 0.3) is 0 Å². The van der Waals surface area contributed by atoms with E-state index in [4.69, 9.17) is 0 Å². The third-order valence-corrected chi connectivity index (χ3v) is 3.60. The van der Waals surface area contributed by atoms with Crippen LogP contribution >= 0.6 is 0 Å². The van der Waals surface area contributed by atoms with Gasteiger partial charge < -0.3 is 0 Å². The molecule has 1 aliphatic rings. The van der Waals surface area contributed by atoms with Crippen LogP contribution < -0.4 is 0 Å². The van der Waals surface area contributed by atoms with Crippen LogP contribution in [0.2, 0.25) is 0 Å². The summed E-state index contributed by atoms with van der Waals surface area (Å²) < 4.78 is 12.8. The molecule has 98 valence electrons. The molecule has 0 N–H and O–H groups in total. The van der Waals surface area contributed by atoms with E-state index in [9.17, 15) is 9.18 Å². The molecule has 0 amide bonds. The number of carbonyl (C=O) groups excluding carboxylic acids is 1. The van der Waals surface area contributed by atoms with Gasteiger partial charge in [0.05, 0.1) is 6.54 Å². The van der Waals surface area contributed by atoms with Crippen molar-refractivity contribution < 1.29 is 9.18 Å². The van der Waals surface area contributed by atoms with E-state index >= 15 is 0 Å². The van der Waals surface area contributed by atoms with E-state index in [-0.39, 0.29) is 11.7 Å². The molecule has 0 unspecified atom stereocenters. The molecule has 0 atom stereocenters. The molecule has 0 bridgehead atoms. The van der Waals surface area contributed by atoms with Crippen molar-refractivity contribution in [1.29, 1.82) is 0 Å². The molecule has 0 spiro atoms. The van der Waals surface area contributed by atoms with Crippen LogP contribution in [0.1, 0.15) is 31.2 Å². The zero-order valence-corrected chi connectivity index (χ0v) is 10.9. The van der Waals surface area contributed by atoms with Gasteiger partial charge in [0.15, 0.2) is 0 Å². The molecule has 0 saturated heterocycles. The number of hydrogen-bond donors (Lipinski definition) is 0. The number of Topliss-reactive ketones (excluding diaryl/α,β-unsaturated/α-hetero) is 1. The first-order chi connectivity index (χ1) is 8.65. The van der Waals surface area contributed by atoms with E-state index in [0.29, 0.717) is 18.9 Å². The second-order valence-corrected chi connectivity index (χ2v) is 5.25. The van der Waals surface area contributed by atoms with Crippen LogP contribution in [0.3, 0.4) is 0 Å². The Morgan fingerprint density at radius 2 is 1.89 bits per heavy atom. The highest BCUT2D eigenvalue weighted by Gasteiger charge is 2.23. The van der Waals surface area contributed by atoms with Crippen molar-refractivity contribution in [3.8, 4) is 0 Å². The molecule has 0 radical (unpaired) electrons. The molecule has 0 aliphatic heterocycles. The molecule has 3 heteroatoms. The highest BCUT2D eigenvalue weighted by molar-refractivity contribution is 5.83. The number of carbonyl (C=O) groups is 1. The van der Waals surface area contributed by atoms with Gasteiger partial charge >= 0.3 is 0 Å². The van der Waals surface area contributed by atoms with E-state index in [0.717, 1.165) is 18.4 Å². The number of benzene rings is 1. The maximum Gasteiger partial charge on any atom is 0.149 e. The average molecular weight is 249 g/mol. The minimum atomic E-state index is -0.219. The number of nitrogens with zero attached hydrogens (tertiary/aromatic N) is 1. The van der Waals surface area contributed by atoms with Crippen LogP contribution in [-0.2, 0) is 11.3 Å². The standard InChI is InChI=1S/C15H20FNO/c1-17(10-12-6-8-14(16)9-7-12)11-15(18)13-4-2-3-5-13/h6-9,13H,2-5,10-11H2,1H3. The molecule has 2 rings (SSSR count). The van der Waals surface area contributed by atoms with Crippen LogP contribution in [-0.4, -0.2) is 24.3 Å². The Balaban J connectivity index is 1.82. The lowest BCUT2D eigenvalue weighted by molar-refractivity contribution is -0.123. The van der Waals surface area contributed by atoms with Crippen LogP contribution in [0.5, 0.6) is 0 Å². The summed E-state index contributed by atoms with van der Waals surface area (Å²) in [6, 6.07) is 6.46. The predicted octanol–water partition coefficient (Wildman–Crippen LogP) is 3.02. The molecular formula is C15H20FNO. The van der Waals surface area contributed by atoms with Gasteiger partial charge in [-0.05, 0) is 37.6 Å². The van der Waals surface area contributed by atoms with Crippen LogP contribution in [0.4, 0.5) is 4.39 Å². The third kappa shape index (κ3) is 3.64. The lowest BCUT2D eigenvalue weighted by atomic mass is 10.0. The second kappa shape index (κ2) is 6.10. The molecule has 0 aromatic heterocycles. The molecule has 1 saturated carbocycles. The molecule has 18 heavy (non-hydrogen) atoms. The van der Waals surface area contributed by atoms with E-state index in [1.54, 1.807) is 12.1 Å². The van der Waals surface area contributed by atoms with E-state index in [1.807, 2.05) is 11.9 Å². The Hall–Kier alpha value is -1.22. The summed E-state index contributed by atoms with van der Waals surface area (Å²) >= 11 is 0. The lowest BCUT2D eigenvalue weighted by Gasteiger charge is -2.18. The van der Waals surface area contributed by atoms with Gasteiger partial charge in [-0.3, -0.25) is 9.69 Å². The maximum atomic E-state index is 12.8. The summed E-state index contributed by atoms with van der Waals surface area (Å²) in [5, 5.41) is 0. The third-order valence-electron chi connectivity index (χ3n) is 3.60. The molecule has 1 aromatic rings. The number of likely N-dealkylation sites (N-methyl/N-ethyl adjacent to an activating group) is 1. The summed E-state index contributed by atoms with van der Waals surface area (Å²) in [6.07, 6.45) is 4.50. The molecular weight excluding hydrogens is 229 g/mol. The fraction of sp³-hybridized carbons (Fsp3) is 0.533. The Kier molecular flexibility index (Phi) is 4.48. The van der Waals surface area contributed by atoms with Crippen molar-refractivity contribution in [2.24, 2.45) is 5.92 Å². The van der Waals surface area contributed by atoms with Crippen molar-refractivity contribution >= 4 is 5.78 Å². The van der Waals surface area contributed by atoms with E-state index in [1.165, 1.54) is 25.0 Å². The van der Waals surface area contributed by atoms with Gasteiger partial charge in [0.25, 0.3) is 0 Å². The Morgan fingerprint density at radius 3 is 2.50 bits per heavy atom. The van der Waals surface area contributed by atoms with Crippen molar-refractivity contribution in [1.82, 2.24) is 4.90 Å². The van der Waals surface area contributed by atoms with Crippen molar-refractivity contribution in [2.45, 2.75) is 32.2 Å².